The zero-order valence-electron chi connectivity index (χ0n) is 11.5. The minimum Gasteiger partial charge on any atom is -0.316 e. The summed E-state index contributed by atoms with van der Waals surface area (Å²) in [6, 6.07) is 3.67. The van der Waals surface area contributed by atoms with Gasteiger partial charge in [-0.1, -0.05) is 24.2 Å². The zero-order valence-corrected chi connectivity index (χ0v) is 12.3. The summed E-state index contributed by atoms with van der Waals surface area (Å²) in [5.41, 5.74) is 1.12. The molecule has 0 radical (unpaired) electrons. The first kappa shape index (κ1) is 14.1. The summed E-state index contributed by atoms with van der Waals surface area (Å²) < 4.78 is 13.1. The van der Waals surface area contributed by atoms with E-state index < -0.39 is 6.67 Å². The second-order valence-corrected chi connectivity index (χ2v) is 6.20. The number of carbonyl (C=O) groups excluding carboxylic acids is 1. The first-order valence-electron chi connectivity index (χ1n) is 7.02. The summed E-state index contributed by atoms with van der Waals surface area (Å²) in [5.74, 6) is 0.654. The molecule has 3 rings (SSSR count). The lowest BCUT2D eigenvalue weighted by molar-refractivity contribution is -0.116. The molecule has 0 unspecified atom stereocenters. The number of thiazole rings is 1. The molecule has 4 nitrogen and oxygen atoms in total. The Labute approximate surface area is 126 Å². The molecule has 1 aliphatic rings. The van der Waals surface area contributed by atoms with Crippen LogP contribution < -0.4 is 5.32 Å². The van der Waals surface area contributed by atoms with Crippen LogP contribution in [0.5, 0.6) is 0 Å². The molecule has 2 aromatic heterocycles. The maximum absolute atomic E-state index is 13.1. The Morgan fingerprint density at radius 1 is 1.48 bits per heavy atom. The summed E-state index contributed by atoms with van der Waals surface area (Å²) in [6.45, 7) is -0.686. The maximum Gasteiger partial charge on any atom is 0.225 e. The highest BCUT2D eigenvalue weighted by Gasteiger charge is 2.22. The Morgan fingerprint density at radius 2 is 2.33 bits per heavy atom. The topological polar surface area (TPSA) is 54.9 Å². The van der Waals surface area contributed by atoms with Crippen LogP contribution >= 0.6 is 11.3 Å². The van der Waals surface area contributed by atoms with E-state index >= 15 is 0 Å². The second-order valence-electron chi connectivity index (χ2n) is 5.20. The van der Waals surface area contributed by atoms with Crippen LogP contribution in [0.2, 0.25) is 0 Å². The molecule has 0 bridgehead atoms. The summed E-state index contributed by atoms with van der Waals surface area (Å²) in [6.07, 6.45) is 7.23. The fourth-order valence-electron chi connectivity index (χ4n) is 2.08. The number of nitrogens with zero attached hydrogens (tertiary/aromatic N) is 2. The molecule has 110 valence electrons. The van der Waals surface area contributed by atoms with Crippen molar-refractivity contribution in [2.24, 2.45) is 5.92 Å². The lowest BCUT2D eigenvalue weighted by Crippen LogP contribution is -2.11. The first-order chi connectivity index (χ1) is 10.3. The molecule has 1 fully saturated rings. The monoisotopic (exact) mass is 305 g/mol. The molecule has 1 saturated carbocycles. The molecule has 0 saturated heterocycles. The molecule has 2 aromatic rings. The SMILES string of the molecule is O=C(CCC1CC1)Nc1sc(-c2cccnc2)nc1CF. The number of alkyl halides is 1. The van der Waals surface area contributed by atoms with Crippen molar-refractivity contribution in [2.45, 2.75) is 32.4 Å². The number of rotatable bonds is 6. The minimum absolute atomic E-state index is 0.0574. The highest BCUT2D eigenvalue weighted by molar-refractivity contribution is 7.19. The summed E-state index contributed by atoms with van der Waals surface area (Å²) in [4.78, 5) is 20.2. The molecule has 6 heteroatoms. The van der Waals surface area contributed by atoms with Gasteiger partial charge in [-0.05, 0) is 24.5 Å². The average Bonchev–Trinajstić information content (AvgIpc) is 3.26. The van der Waals surface area contributed by atoms with Gasteiger partial charge in [0.25, 0.3) is 0 Å². The van der Waals surface area contributed by atoms with E-state index in [1.807, 2.05) is 6.07 Å². The zero-order chi connectivity index (χ0) is 14.7. The van der Waals surface area contributed by atoms with E-state index in [2.05, 4.69) is 15.3 Å². The molecule has 1 aliphatic carbocycles. The van der Waals surface area contributed by atoms with Gasteiger partial charge in [0.05, 0.1) is 0 Å². The standard InChI is InChI=1S/C15H16FN3OS/c16-8-12-15(19-13(20)6-5-10-3-4-10)21-14(18-12)11-2-1-7-17-9-11/h1-2,7,9-10H,3-6,8H2,(H,19,20). The van der Waals surface area contributed by atoms with Gasteiger partial charge in [-0.25, -0.2) is 9.37 Å². The number of anilines is 1. The molecule has 1 N–H and O–H groups in total. The fraction of sp³-hybridized carbons (Fsp3) is 0.400. The smallest absolute Gasteiger partial charge is 0.225 e. The van der Waals surface area contributed by atoms with Crippen LogP contribution in [0.15, 0.2) is 24.5 Å². The molecule has 0 aromatic carbocycles. The van der Waals surface area contributed by atoms with Crippen LogP contribution in [0.4, 0.5) is 9.39 Å². The largest absolute Gasteiger partial charge is 0.316 e. The van der Waals surface area contributed by atoms with Crippen LogP contribution in [0, 0.1) is 5.92 Å². The predicted molar refractivity (Wildman–Crippen MR) is 80.7 cm³/mol. The molecular weight excluding hydrogens is 289 g/mol. The van der Waals surface area contributed by atoms with Crippen LogP contribution in [-0.4, -0.2) is 15.9 Å². The van der Waals surface area contributed by atoms with Gasteiger partial charge in [0.2, 0.25) is 5.91 Å². The predicted octanol–water partition coefficient (Wildman–Crippen LogP) is 3.80. The van der Waals surface area contributed by atoms with E-state index in [-0.39, 0.29) is 5.91 Å². The number of nitrogens with one attached hydrogen (secondary N) is 1. The van der Waals surface area contributed by atoms with Crippen LogP contribution in [0.25, 0.3) is 10.6 Å². The maximum atomic E-state index is 13.1. The van der Waals surface area contributed by atoms with Gasteiger partial charge < -0.3 is 5.32 Å². The highest BCUT2D eigenvalue weighted by Crippen LogP contribution is 2.35. The van der Waals surface area contributed by atoms with Crippen LogP contribution in [0.3, 0.4) is 0 Å². The molecule has 0 spiro atoms. The van der Waals surface area contributed by atoms with Crippen molar-refractivity contribution in [3.63, 3.8) is 0 Å². The molecule has 1 amide bonds. The summed E-state index contributed by atoms with van der Waals surface area (Å²) >= 11 is 1.29. The third kappa shape index (κ3) is 3.64. The lowest BCUT2D eigenvalue weighted by atomic mass is 10.2. The Morgan fingerprint density at radius 3 is 3.00 bits per heavy atom. The van der Waals surface area contributed by atoms with Crippen LogP contribution in [0.1, 0.15) is 31.4 Å². The second kappa shape index (κ2) is 6.30. The Kier molecular flexibility index (Phi) is 4.24. The molecular formula is C15H16FN3OS. The normalized spacial score (nSPS) is 14.1. The highest BCUT2D eigenvalue weighted by atomic mass is 32.1. The molecule has 21 heavy (non-hydrogen) atoms. The van der Waals surface area contributed by atoms with E-state index in [0.29, 0.717) is 28.0 Å². The van der Waals surface area contributed by atoms with Gasteiger partial charge in [0.1, 0.15) is 22.4 Å². The van der Waals surface area contributed by atoms with Gasteiger partial charge in [-0.3, -0.25) is 9.78 Å². The quantitative estimate of drug-likeness (QED) is 0.883. The average molecular weight is 305 g/mol. The molecule has 0 aliphatic heterocycles. The third-order valence-electron chi connectivity index (χ3n) is 3.46. The van der Waals surface area contributed by atoms with Gasteiger partial charge in [-0.15, -0.1) is 0 Å². The van der Waals surface area contributed by atoms with Gasteiger partial charge in [0.15, 0.2) is 0 Å². The Bertz CT molecular complexity index is 625. The third-order valence-corrected chi connectivity index (χ3v) is 4.52. The number of hydrogen-bond donors (Lipinski definition) is 1. The fourth-order valence-corrected chi connectivity index (χ4v) is 3.05. The number of hydrogen-bond acceptors (Lipinski definition) is 4. The van der Waals surface area contributed by atoms with Gasteiger partial charge in [0, 0.05) is 24.4 Å². The van der Waals surface area contributed by atoms with E-state index in [1.165, 1.54) is 24.2 Å². The Balaban J connectivity index is 1.71. The van der Waals surface area contributed by atoms with Crippen molar-refractivity contribution < 1.29 is 9.18 Å². The van der Waals surface area contributed by atoms with E-state index in [4.69, 9.17) is 0 Å². The van der Waals surface area contributed by atoms with E-state index in [0.717, 1.165) is 12.0 Å². The molecule has 2 heterocycles. The number of pyridine rings is 1. The van der Waals surface area contributed by atoms with Crippen LogP contribution in [-0.2, 0) is 11.5 Å². The van der Waals surface area contributed by atoms with Crippen molar-refractivity contribution >= 4 is 22.2 Å². The summed E-state index contributed by atoms with van der Waals surface area (Å²) in [7, 11) is 0. The number of carbonyl (C=O) groups is 1. The number of halogens is 1. The van der Waals surface area contributed by atoms with Gasteiger partial charge >= 0.3 is 0 Å². The number of amides is 1. The van der Waals surface area contributed by atoms with Gasteiger partial charge in [-0.2, -0.15) is 0 Å². The minimum atomic E-state index is -0.686. The van der Waals surface area contributed by atoms with Crippen molar-refractivity contribution in [3.05, 3.63) is 30.2 Å². The van der Waals surface area contributed by atoms with E-state index in [1.54, 1.807) is 18.5 Å². The van der Waals surface area contributed by atoms with E-state index in [9.17, 15) is 9.18 Å². The molecule has 0 atom stereocenters. The number of aromatic nitrogens is 2. The van der Waals surface area contributed by atoms with Crippen molar-refractivity contribution in [3.8, 4) is 10.6 Å². The first-order valence-corrected chi connectivity index (χ1v) is 7.84. The Hall–Kier alpha value is -1.82. The van der Waals surface area contributed by atoms with Crippen molar-refractivity contribution in [1.82, 2.24) is 9.97 Å². The van der Waals surface area contributed by atoms with Crippen molar-refractivity contribution in [2.75, 3.05) is 5.32 Å². The van der Waals surface area contributed by atoms with Crippen molar-refractivity contribution in [1.29, 1.82) is 0 Å². The lowest BCUT2D eigenvalue weighted by Gasteiger charge is -2.02. The summed E-state index contributed by atoms with van der Waals surface area (Å²) in [5, 5.41) is 3.98.